The first kappa shape index (κ1) is 18.0. The molecule has 0 bridgehead atoms. The van der Waals surface area contributed by atoms with Crippen molar-refractivity contribution in [1.82, 2.24) is 0 Å². The zero-order valence-corrected chi connectivity index (χ0v) is 13.5. The summed E-state index contributed by atoms with van der Waals surface area (Å²) in [5.74, 6) is -9.27. The van der Waals surface area contributed by atoms with Gasteiger partial charge in [0.05, 0.1) is 18.9 Å². The van der Waals surface area contributed by atoms with Gasteiger partial charge in [0.25, 0.3) is 0 Å². The molecule has 0 aliphatic carbocycles. The van der Waals surface area contributed by atoms with Gasteiger partial charge in [-0.3, -0.25) is 5.43 Å². The zero-order chi connectivity index (χ0) is 18.8. The molecule has 0 unspecified atom stereocenters. The van der Waals surface area contributed by atoms with Crippen molar-refractivity contribution >= 4 is 11.4 Å². The van der Waals surface area contributed by atoms with Gasteiger partial charge in [-0.1, -0.05) is 0 Å². The summed E-state index contributed by atoms with van der Waals surface area (Å²) in [5, 5.41) is 3.71. The molecule has 0 radical (unpaired) electrons. The van der Waals surface area contributed by atoms with Gasteiger partial charge in [0, 0.05) is 12.0 Å². The molecular formula is C17H13F5N2O2. The van der Waals surface area contributed by atoms with E-state index in [1.54, 1.807) is 18.2 Å². The number of hydrogen-bond acceptors (Lipinski definition) is 4. The molecule has 1 heterocycles. The number of ether oxygens (including phenoxy) is 2. The fraction of sp³-hybridized carbons (Fsp3) is 0.235. The van der Waals surface area contributed by atoms with Crippen LogP contribution in [0.3, 0.4) is 0 Å². The van der Waals surface area contributed by atoms with Crippen molar-refractivity contribution in [2.24, 2.45) is 5.10 Å². The molecule has 1 aliphatic heterocycles. The lowest BCUT2D eigenvalue weighted by atomic mass is 10.1. The second-order valence-electron chi connectivity index (χ2n) is 5.47. The minimum atomic E-state index is -2.23. The Morgan fingerprint density at radius 1 is 0.885 bits per heavy atom. The first-order valence-electron chi connectivity index (χ1n) is 7.62. The van der Waals surface area contributed by atoms with E-state index in [1.807, 2.05) is 5.43 Å². The van der Waals surface area contributed by atoms with E-state index in [0.717, 1.165) is 6.42 Å². The van der Waals surface area contributed by atoms with E-state index in [2.05, 4.69) is 5.10 Å². The van der Waals surface area contributed by atoms with Gasteiger partial charge in [-0.2, -0.15) is 5.10 Å². The molecule has 0 fully saturated rings. The highest BCUT2D eigenvalue weighted by molar-refractivity contribution is 5.99. The molecule has 4 nitrogen and oxygen atoms in total. The van der Waals surface area contributed by atoms with E-state index in [0.29, 0.717) is 30.3 Å². The fourth-order valence-electron chi connectivity index (χ4n) is 2.30. The lowest BCUT2D eigenvalue weighted by Gasteiger charge is -2.10. The molecule has 138 valence electrons. The van der Waals surface area contributed by atoms with Crippen molar-refractivity contribution < 1.29 is 31.4 Å². The SMILES string of the molecule is C/C(=N/Nc1c(F)c(F)c(F)c(F)c1F)c1ccc2c(c1)OCCCO2. The maximum absolute atomic E-state index is 13.6. The first-order chi connectivity index (χ1) is 12.4. The summed E-state index contributed by atoms with van der Waals surface area (Å²) < 4.78 is 77.7. The van der Waals surface area contributed by atoms with Gasteiger partial charge in [-0.15, -0.1) is 0 Å². The Labute approximate surface area is 145 Å². The Balaban J connectivity index is 1.89. The van der Waals surface area contributed by atoms with Gasteiger partial charge in [-0.25, -0.2) is 22.0 Å². The fourth-order valence-corrected chi connectivity index (χ4v) is 2.30. The standard InChI is InChI=1S/C17H13F5N2O2/c1-8(9-3-4-10-11(7-9)26-6-2-5-25-10)23-24-17-15(21)13(19)12(18)14(20)16(17)22/h3-4,7,24H,2,5-6H2,1H3/b23-8-. The molecule has 1 N–H and O–H groups in total. The number of hydrazone groups is 1. The van der Waals surface area contributed by atoms with Crippen LogP contribution in [-0.4, -0.2) is 18.9 Å². The van der Waals surface area contributed by atoms with Crippen molar-refractivity contribution in [3.05, 3.63) is 52.8 Å². The predicted molar refractivity (Wildman–Crippen MR) is 84.1 cm³/mol. The van der Waals surface area contributed by atoms with E-state index in [9.17, 15) is 22.0 Å². The van der Waals surface area contributed by atoms with Crippen LogP contribution in [0, 0.1) is 29.1 Å². The molecule has 2 aromatic rings. The highest BCUT2D eigenvalue weighted by Crippen LogP contribution is 2.31. The Morgan fingerprint density at radius 3 is 2.12 bits per heavy atom. The normalized spacial score (nSPS) is 14.2. The molecule has 0 amide bonds. The smallest absolute Gasteiger partial charge is 0.200 e. The minimum absolute atomic E-state index is 0.240. The number of hydrogen-bond donors (Lipinski definition) is 1. The number of anilines is 1. The van der Waals surface area contributed by atoms with E-state index < -0.39 is 34.8 Å². The third kappa shape index (κ3) is 3.29. The predicted octanol–water partition coefficient (Wildman–Crippen LogP) is 4.38. The number of nitrogens with one attached hydrogen (secondary N) is 1. The lowest BCUT2D eigenvalue weighted by molar-refractivity contribution is 0.297. The molecule has 0 saturated carbocycles. The van der Waals surface area contributed by atoms with Crippen LogP contribution in [0.1, 0.15) is 18.9 Å². The molecule has 1 aliphatic rings. The Morgan fingerprint density at radius 2 is 1.46 bits per heavy atom. The van der Waals surface area contributed by atoms with Gasteiger partial charge in [0.15, 0.2) is 34.8 Å². The number of nitrogens with zero attached hydrogens (tertiary/aromatic N) is 1. The molecule has 0 atom stereocenters. The van der Waals surface area contributed by atoms with Gasteiger partial charge in [0.1, 0.15) is 5.69 Å². The maximum atomic E-state index is 13.6. The van der Waals surface area contributed by atoms with Crippen LogP contribution in [0.5, 0.6) is 11.5 Å². The molecule has 0 aromatic heterocycles. The van der Waals surface area contributed by atoms with Crippen LogP contribution in [0.2, 0.25) is 0 Å². The van der Waals surface area contributed by atoms with Gasteiger partial charge in [-0.05, 0) is 25.1 Å². The minimum Gasteiger partial charge on any atom is -0.490 e. The second-order valence-corrected chi connectivity index (χ2v) is 5.47. The molecule has 2 aromatic carbocycles. The maximum Gasteiger partial charge on any atom is 0.200 e. The van der Waals surface area contributed by atoms with Crippen LogP contribution < -0.4 is 14.9 Å². The molecule has 0 saturated heterocycles. The van der Waals surface area contributed by atoms with Crippen LogP contribution in [0.25, 0.3) is 0 Å². The largest absolute Gasteiger partial charge is 0.490 e. The summed E-state index contributed by atoms with van der Waals surface area (Å²) in [6, 6.07) is 4.89. The third-order valence-corrected chi connectivity index (χ3v) is 3.71. The van der Waals surface area contributed by atoms with Crippen LogP contribution in [0.15, 0.2) is 23.3 Å². The summed E-state index contributed by atoms with van der Waals surface area (Å²) in [4.78, 5) is 0. The number of fused-ring (bicyclic) bond motifs is 1. The van der Waals surface area contributed by atoms with Gasteiger partial charge >= 0.3 is 0 Å². The van der Waals surface area contributed by atoms with Gasteiger partial charge < -0.3 is 9.47 Å². The van der Waals surface area contributed by atoms with Crippen LogP contribution >= 0.6 is 0 Å². The van der Waals surface area contributed by atoms with E-state index in [-0.39, 0.29) is 5.71 Å². The summed E-state index contributed by atoms with van der Waals surface area (Å²) in [5.41, 5.74) is 1.43. The lowest BCUT2D eigenvalue weighted by Crippen LogP contribution is -2.08. The van der Waals surface area contributed by atoms with E-state index in [1.165, 1.54) is 6.92 Å². The topological polar surface area (TPSA) is 42.9 Å². The Kier molecular flexibility index (Phi) is 4.97. The van der Waals surface area contributed by atoms with Crippen molar-refractivity contribution in [2.75, 3.05) is 18.6 Å². The molecule has 26 heavy (non-hydrogen) atoms. The van der Waals surface area contributed by atoms with E-state index in [4.69, 9.17) is 9.47 Å². The van der Waals surface area contributed by atoms with Crippen LogP contribution in [-0.2, 0) is 0 Å². The average Bonchev–Trinajstić information content (AvgIpc) is 2.89. The summed E-state index contributed by atoms with van der Waals surface area (Å²) in [7, 11) is 0. The molecular weight excluding hydrogens is 359 g/mol. The summed E-state index contributed by atoms with van der Waals surface area (Å²) in [6.45, 7) is 2.48. The third-order valence-electron chi connectivity index (χ3n) is 3.71. The highest BCUT2D eigenvalue weighted by Gasteiger charge is 2.25. The molecule has 3 rings (SSSR count). The number of halogens is 5. The molecule has 0 spiro atoms. The van der Waals surface area contributed by atoms with Crippen molar-refractivity contribution in [3.8, 4) is 11.5 Å². The van der Waals surface area contributed by atoms with Crippen molar-refractivity contribution in [1.29, 1.82) is 0 Å². The monoisotopic (exact) mass is 372 g/mol. The molecule has 9 heteroatoms. The van der Waals surface area contributed by atoms with Crippen molar-refractivity contribution in [2.45, 2.75) is 13.3 Å². The number of rotatable bonds is 3. The summed E-state index contributed by atoms with van der Waals surface area (Å²) in [6.07, 6.45) is 0.721. The number of benzene rings is 2. The second kappa shape index (κ2) is 7.19. The van der Waals surface area contributed by atoms with E-state index >= 15 is 0 Å². The van der Waals surface area contributed by atoms with Crippen molar-refractivity contribution in [3.63, 3.8) is 0 Å². The highest BCUT2D eigenvalue weighted by atomic mass is 19.2. The Hall–Kier alpha value is -2.84. The quantitative estimate of drug-likeness (QED) is 0.286. The van der Waals surface area contributed by atoms with Gasteiger partial charge in [0.2, 0.25) is 5.82 Å². The Bertz CT molecular complexity index is 857. The summed E-state index contributed by atoms with van der Waals surface area (Å²) >= 11 is 0. The zero-order valence-electron chi connectivity index (χ0n) is 13.5. The van der Waals surface area contributed by atoms with Crippen LogP contribution in [0.4, 0.5) is 27.6 Å². The first-order valence-corrected chi connectivity index (χ1v) is 7.62. The average molecular weight is 372 g/mol.